The first-order chi connectivity index (χ1) is 11.9. The zero-order valence-corrected chi connectivity index (χ0v) is 14.5. The molecule has 0 aliphatic carbocycles. The van der Waals surface area contributed by atoms with Gasteiger partial charge in [-0.1, -0.05) is 6.07 Å². The average Bonchev–Trinajstić information content (AvgIpc) is 3.13. The van der Waals surface area contributed by atoms with E-state index >= 15 is 0 Å². The van der Waals surface area contributed by atoms with Gasteiger partial charge in [0.15, 0.2) is 17.3 Å². The van der Waals surface area contributed by atoms with Gasteiger partial charge in [0.25, 0.3) is 5.91 Å². The van der Waals surface area contributed by atoms with E-state index in [1.54, 1.807) is 6.07 Å². The second kappa shape index (κ2) is 5.75. The van der Waals surface area contributed by atoms with E-state index < -0.39 is 0 Å². The van der Waals surface area contributed by atoms with Crippen molar-refractivity contribution in [2.24, 2.45) is 0 Å². The van der Waals surface area contributed by atoms with Crippen LogP contribution in [0.15, 0.2) is 12.1 Å². The van der Waals surface area contributed by atoms with Crippen molar-refractivity contribution in [3.63, 3.8) is 0 Å². The number of phenols is 1. The third-order valence-electron chi connectivity index (χ3n) is 4.80. The van der Waals surface area contributed by atoms with E-state index in [2.05, 4.69) is 20.1 Å². The minimum Gasteiger partial charge on any atom is -0.504 e. The van der Waals surface area contributed by atoms with Crippen molar-refractivity contribution in [3.05, 3.63) is 34.9 Å². The fourth-order valence-corrected chi connectivity index (χ4v) is 3.57. The molecule has 2 aromatic rings. The van der Waals surface area contributed by atoms with E-state index in [9.17, 15) is 9.90 Å². The zero-order valence-electron chi connectivity index (χ0n) is 14.5. The number of carbonyl (C=O) groups excluding carboxylic acids is 1. The van der Waals surface area contributed by atoms with Crippen LogP contribution in [0.2, 0.25) is 0 Å². The molecule has 0 fully saturated rings. The summed E-state index contributed by atoms with van der Waals surface area (Å²) in [5, 5.41) is 21.6. The molecule has 1 amide bonds. The lowest BCUT2D eigenvalue weighted by atomic mass is 10.0. The lowest BCUT2D eigenvalue weighted by Gasteiger charge is -2.17. The summed E-state index contributed by atoms with van der Waals surface area (Å²) in [4.78, 5) is 12.5. The van der Waals surface area contributed by atoms with Gasteiger partial charge < -0.3 is 19.7 Å². The molecular formula is C18H22N4O3. The van der Waals surface area contributed by atoms with Crippen molar-refractivity contribution in [3.8, 4) is 11.5 Å². The molecule has 3 heterocycles. The third-order valence-corrected chi connectivity index (χ3v) is 4.80. The molecule has 0 saturated heterocycles. The van der Waals surface area contributed by atoms with Crippen molar-refractivity contribution >= 4 is 5.91 Å². The van der Waals surface area contributed by atoms with Gasteiger partial charge in [-0.25, -0.2) is 0 Å². The Balaban J connectivity index is 1.50. The Labute approximate surface area is 146 Å². The predicted octanol–water partition coefficient (Wildman–Crippen LogP) is 1.96. The van der Waals surface area contributed by atoms with Crippen molar-refractivity contribution in [2.75, 3.05) is 0 Å². The van der Waals surface area contributed by atoms with Gasteiger partial charge in [0.1, 0.15) is 11.4 Å². The van der Waals surface area contributed by atoms with Crippen LogP contribution in [0.25, 0.3) is 0 Å². The van der Waals surface area contributed by atoms with Gasteiger partial charge >= 0.3 is 0 Å². The van der Waals surface area contributed by atoms with E-state index in [1.165, 1.54) is 0 Å². The monoisotopic (exact) mass is 342 g/mol. The Bertz CT molecular complexity index is 841. The first kappa shape index (κ1) is 15.9. The van der Waals surface area contributed by atoms with Gasteiger partial charge in [-0.05, 0) is 32.8 Å². The molecule has 0 unspecified atom stereocenters. The number of aromatic nitrogens is 3. The van der Waals surface area contributed by atoms with Crippen LogP contribution < -0.4 is 10.1 Å². The highest BCUT2D eigenvalue weighted by atomic mass is 16.5. The van der Waals surface area contributed by atoms with Gasteiger partial charge in [-0.2, -0.15) is 0 Å². The van der Waals surface area contributed by atoms with Gasteiger partial charge in [0.05, 0.1) is 12.1 Å². The Kier molecular flexibility index (Phi) is 3.67. The fraction of sp³-hybridized carbons (Fsp3) is 0.500. The van der Waals surface area contributed by atoms with Crippen molar-refractivity contribution in [1.82, 2.24) is 20.1 Å². The lowest BCUT2D eigenvalue weighted by Crippen LogP contribution is -2.26. The van der Waals surface area contributed by atoms with Crippen LogP contribution in [0.4, 0.5) is 0 Å². The highest BCUT2D eigenvalue weighted by molar-refractivity contribution is 5.97. The van der Waals surface area contributed by atoms with Crippen LogP contribution in [0.1, 0.15) is 54.3 Å². The maximum absolute atomic E-state index is 12.5. The molecule has 7 heteroatoms. The molecule has 0 spiro atoms. The molecule has 25 heavy (non-hydrogen) atoms. The Morgan fingerprint density at radius 3 is 3.04 bits per heavy atom. The van der Waals surface area contributed by atoms with Crippen LogP contribution in [-0.4, -0.2) is 31.4 Å². The Morgan fingerprint density at radius 1 is 1.36 bits per heavy atom. The summed E-state index contributed by atoms with van der Waals surface area (Å²) in [5.41, 5.74) is 0.774. The number of nitrogens with one attached hydrogen (secondary N) is 1. The molecular weight excluding hydrogens is 320 g/mol. The second-order valence-corrected chi connectivity index (χ2v) is 7.31. The molecule has 4 rings (SSSR count). The first-order valence-electron chi connectivity index (χ1n) is 8.68. The number of nitrogens with zero attached hydrogens (tertiary/aromatic N) is 3. The van der Waals surface area contributed by atoms with Crippen LogP contribution in [0, 0.1) is 0 Å². The largest absolute Gasteiger partial charge is 0.504 e. The summed E-state index contributed by atoms with van der Waals surface area (Å²) in [6.07, 6.45) is 3.87. The first-order valence-corrected chi connectivity index (χ1v) is 8.68. The summed E-state index contributed by atoms with van der Waals surface area (Å²) < 4.78 is 7.85. The van der Waals surface area contributed by atoms with Crippen molar-refractivity contribution in [2.45, 2.75) is 58.2 Å². The van der Waals surface area contributed by atoms with Crippen LogP contribution in [0.5, 0.6) is 11.5 Å². The van der Waals surface area contributed by atoms with E-state index in [0.29, 0.717) is 12.2 Å². The fourth-order valence-electron chi connectivity index (χ4n) is 3.57. The zero-order chi connectivity index (χ0) is 17.6. The van der Waals surface area contributed by atoms with Gasteiger partial charge in [-0.3, -0.25) is 4.79 Å². The molecule has 132 valence electrons. The van der Waals surface area contributed by atoms with Crippen molar-refractivity contribution < 1.29 is 14.6 Å². The number of aromatic hydroxyl groups is 1. The molecule has 2 N–H and O–H groups in total. The SMILES string of the molecule is CC1(C)Cc2ccc(C(=O)NCc3nnc4n3CCCC4)c(O)c2O1. The van der Waals surface area contributed by atoms with E-state index in [-0.39, 0.29) is 29.4 Å². The maximum atomic E-state index is 12.5. The molecule has 0 bridgehead atoms. The Morgan fingerprint density at radius 2 is 2.20 bits per heavy atom. The summed E-state index contributed by atoms with van der Waals surface area (Å²) in [6.45, 7) is 5.09. The van der Waals surface area contributed by atoms with E-state index in [4.69, 9.17) is 4.74 Å². The number of aryl methyl sites for hydroxylation is 1. The van der Waals surface area contributed by atoms with Gasteiger partial charge in [0, 0.05) is 24.9 Å². The lowest BCUT2D eigenvalue weighted by molar-refractivity contribution is 0.0943. The Hall–Kier alpha value is -2.57. The van der Waals surface area contributed by atoms with Gasteiger partial charge in [-0.15, -0.1) is 10.2 Å². The quantitative estimate of drug-likeness (QED) is 0.890. The van der Waals surface area contributed by atoms with Crippen LogP contribution in [-0.2, 0) is 25.9 Å². The summed E-state index contributed by atoms with van der Waals surface area (Å²) in [7, 11) is 0. The molecule has 0 radical (unpaired) electrons. The topological polar surface area (TPSA) is 89.3 Å². The number of benzene rings is 1. The third kappa shape index (κ3) is 2.83. The average molecular weight is 342 g/mol. The van der Waals surface area contributed by atoms with Crippen LogP contribution >= 0.6 is 0 Å². The molecule has 1 aromatic carbocycles. The number of phenolic OH excluding ortho intramolecular Hbond substituents is 1. The number of hydrogen-bond acceptors (Lipinski definition) is 5. The number of carbonyl (C=O) groups is 1. The summed E-state index contributed by atoms with van der Waals surface area (Å²) >= 11 is 0. The minimum atomic E-state index is -0.366. The highest BCUT2D eigenvalue weighted by Gasteiger charge is 2.33. The van der Waals surface area contributed by atoms with Gasteiger partial charge in [0.2, 0.25) is 0 Å². The summed E-state index contributed by atoms with van der Waals surface area (Å²) in [5.74, 6) is 1.70. The molecule has 1 aromatic heterocycles. The van der Waals surface area contributed by atoms with E-state index in [0.717, 1.165) is 43.0 Å². The number of fused-ring (bicyclic) bond motifs is 2. The van der Waals surface area contributed by atoms with Crippen molar-refractivity contribution in [1.29, 1.82) is 0 Å². The molecule has 2 aliphatic rings. The predicted molar refractivity (Wildman–Crippen MR) is 90.6 cm³/mol. The highest BCUT2D eigenvalue weighted by Crippen LogP contribution is 2.43. The molecule has 2 aliphatic heterocycles. The molecule has 0 saturated carbocycles. The molecule has 0 atom stereocenters. The number of hydrogen-bond donors (Lipinski definition) is 2. The summed E-state index contributed by atoms with van der Waals surface area (Å²) in [6, 6.07) is 3.49. The maximum Gasteiger partial charge on any atom is 0.255 e. The number of ether oxygens (including phenoxy) is 1. The van der Waals surface area contributed by atoms with E-state index in [1.807, 2.05) is 19.9 Å². The second-order valence-electron chi connectivity index (χ2n) is 7.31. The minimum absolute atomic E-state index is 0.0937. The standard InChI is InChI=1S/C18H22N4O3/c1-18(2)9-11-6-7-12(15(23)16(11)25-18)17(24)19-10-14-21-20-13-5-3-4-8-22(13)14/h6-7,23H,3-5,8-10H2,1-2H3,(H,19,24). The normalized spacial score (nSPS) is 17.5. The smallest absolute Gasteiger partial charge is 0.255 e. The molecule has 7 nitrogen and oxygen atoms in total. The number of rotatable bonds is 3. The van der Waals surface area contributed by atoms with Crippen LogP contribution in [0.3, 0.4) is 0 Å². The number of amides is 1.